The van der Waals surface area contributed by atoms with Gasteiger partial charge in [0.05, 0.1) is 12.1 Å². The maximum Gasteiger partial charge on any atom is 0.232 e. The Morgan fingerprint density at radius 3 is 2.85 bits per heavy atom. The molecule has 7 nitrogen and oxygen atoms in total. The van der Waals surface area contributed by atoms with Crippen LogP contribution in [0.25, 0.3) is 0 Å². The van der Waals surface area contributed by atoms with Gasteiger partial charge >= 0.3 is 0 Å². The molecule has 3 aromatic heterocycles. The van der Waals surface area contributed by atoms with E-state index < -0.39 is 0 Å². The first kappa shape index (κ1) is 17.6. The van der Waals surface area contributed by atoms with Crippen LogP contribution < -0.4 is 10.1 Å². The standard InChI is InChI=1S/C18H14BrN5O2S/c1-11-21-16(26-24-11)8-13-10-27-18(22-13)23-17-15(7-12(19)9-20-17)25-14-5-3-2-4-6-14/h2-7,9-10H,8H2,1H3,(H,20,22,23). The summed E-state index contributed by atoms with van der Waals surface area (Å²) in [6, 6.07) is 11.4. The van der Waals surface area contributed by atoms with Crippen molar-refractivity contribution in [3.63, 3.8) is 0 Å². The highest BCUT2D eigenvalue weighted by molar-refractivity contribution is 9.10. The molecular formula is C18H14BrN5O2S. The van der Waals surface area contributed by atoms with E-state index in [4.69, 9.17) is 9.26 Å². The Balaban J connectivity index is 1.52. The molecule has 27 heavy (non-hydrogen) atoms. The van der Waals surface area contributed by atoms with E-state index in [2.05, 4.69) is 41.4 Å². The quantitative estimate of drug-likeness (QED) is 0.442. The molecule has 3 heterocycles. The third-order valence-corrected chi connectivity index (χ3v) is 4.71. The van der Waals surface area contributed by atoms with Crippen LogP contribution >= 0.6 is 27.3 Å². The van der Waals surface area contributed by atoms with E-state index in [9.17, 15) is 0 Å². The zero-order valence-electron chi connectivity index (χ0n) is 14.2. The topological polar surface area (TPSA) is 86.0 Å². The average Bonchev–Trinajstić information content (AvgIpc) is 3.27. The van der Waals surface area contributed by atoms with Gasteiger partial charge in [-0.2, -0.15) is 4.98 Å². The highest BCUT2D eigenvalue weighted by Gasteiger charge is 2.12. The van der Waals surface area contributed by atoms with Crippen LogP contribution in [0.5, 0.6) is 11.5 Å². The second-order valence-corrected chi connectivity index (χ2v) is 7.37. The molecule has 0 aliphatic heterocycles. The Morgan fingerprint density at radius 1 is 1.22 bits per heavy atom. The highest BCUT2D eigenvalue weighted by atomic mass is 79.9. The van der Waals surface area contributed by atoms with Crippen molar-refractivity contribution in [1.82, 2.24) is 20.1 Å². The molecule has 1 aromatic carbocycles. The van der Waals surface area contributed by atoms with Crippen molar-refractivity contribution >= 4 is 38.2 Å². The zero-order chi connectivity index (χ0) is 18.6. The van der Waals surface area contributed by atoms with Crippen molar-refractivity contribution in [3.8, 4) is 11.5 Å². The van der Waals surface area contributed by atoms with E-state index in [1.807, 2.05) is 41.8 Å². The van der Waals surface area contributed by atoms with Crippen LogP contribution in [-0.4, -0.2) is 20.1 Å². The van der Waals surface area contributed by atoms with Gasteiger partial charge in [-0.3, -0.25) is 0 Å². The van der Waals surface area contributed by atoms with Crippen molar-refractivity contribution in [1.29, 1.82) is 0 Å². The minimum atomic E-state index is 0.486. The molecule has 0 unspecified atom stereocenters. The molecule has 0 saturated carbocycles. The number of para-hydroxylation sites is 1. The lowest BCUT2D eigenvalue weighted by molar-refractivity contribution is 0.380. The van der Waals surface area contributed by atoms with E-state index >= 15 is 0 Å². The number of nitrogens with zero attached hydrogens (tertiary/aromatic N) is 4. The fourth-order valence-corrected chi connectivity index (χ4v) is 3.34. The second-order valence-electron chi connectivity index (χ2n) is 5.60. The van der Waals surface area contributed by atoms with Crippen molar-refractivity contribution in [2.24, 2.45) is 0 Å². The number of benzene rings is 1. The van der Waals surface area contributed by atoms with Gasteiger partial charge in [-0.25, -0.2) is 9.97 Å². The number of hydrogen-bond donors (Lipinski definition) is 1. The molecule has 0 atom stereocenters. The van der Waals surface area contributed by atoms with Gasteiger partial charge in [-0.15, -0.1) is 11.3 Å². The molecule has 0 aliphatic rings. The molecular weight excluding hydrogens is 430 g/mol. The van der Waals surface area contributed by atoms with E-state index in [-0.39, 0.29) is 0 Å². The number of thiazole rings is 1. The Kier molecular flexibility index (Phi) is 5.12. The molecule has 0 bridgehead atoms. The van der Waals surface area contributed by atoms with Gasteiger partial charge in [-0.1, -0.05) is 23.4 Å². The SMILES string of the molecule is Cc1noc(Cc2csc(Nc3ncc(Br)cc3Oc3ccccc3)n2)n1. The van der Waals surface area contributed by atoms with Crippen molar-refractivity contribution < 1.29 is 9.26 Å². The third-order valence-electron chi connectivity index (χ3n) is 3.47. The summed E-state index contributed by atoms with van der Waals surface area (Å²) in [4.78, 5) is 13.2. The van der Waals surface area contributed by atoms with E-state index in [1.165, 1.54) is 11.3 Å². The summed E-state index contributed by atoms with van der Waals surface area (Å²) in [6.07, 6.45) is 2.19. The van der Waals surface area contributed by atoms with Crippen LogP contribution in [0.3, 0.4) is 0 Å². The summed E-state index contributed by atoms with van der Waals surface area (Å²) in [7, 11) is 0. The number of pyridine rings is 1. The van der Waals surface area contributed by atoms with Gasteiger partial charge in [0.2, 0.25) is 5.89 Å². The number of halogens is 1. The van der Waals surface area contributed by atoms with Crippen LogP contribution in [0.4, 0.5) is 10.9 Å². The minimum Gasteiger partial charge on any atom is -0.453 e. The van der Waals surface area contributed by atoms with Crippen LogP contribution in [0.2, 0.25) is 0 Å². The Morgan fingerprint density at radius 2 is 2.07 bits per heavy atom. The van der Waals surface area contributed by atoms with Crippen LogP contribution in [0.15, 0.2) is 57.0 Å². The largest absolute Gasteiger partial charge is 0.453 e. The lowest BCUT2D eigenvalue weighted by Crippen LogP contribution is -1.98. The maximum atomic E-state index is 5.96. The summed E-state index contributed by atoms with van der Waals surface area (Å²) in [6.45, 7) is 1.79. The molecule has 0 radical (unpaired) electrons. The molecule has 0 amide bonds. The van der Waals surface area contributed by atoms with Gasteiger partial charge in [0.25, 0.3) is 0 Å². The van der Waals surface area contributed by atoms with Gasteiger partial charge in [-0.05, 0) is 35.0 Å². The lowest BCUT2D eigenvalue weighted by Gasteiger charge is -2.11. The van der Waals surface area contributed by atoms with Crippen LogP contribution in [-0.2, 0) is 6.42 Å². The average molecular weight is 444 g/mol. The number of anilines is 2. The summed E-state index contributed by atoms with van der Waals surface area (Å²) in [5.41, 5.74) is 0.841. The smallest absolute Gasteiger partial charge is 0.232 e. The fraction of sp³-hybridized carbons (Fsp3) is 0.111. The van der Waals surface area contributed by atoms with Gasteiger partial charge in [0.1, 0.15) is 5.75 Å². The molecule has 9 heteroatoms. The predicted molar refractivity (Wildman–Crippen MR) is 106 cm³/mol. The summed E-state index contributed by atoms with van der Waals surface area (Å²) in [5.74, 6) is 3.06. The van der Waals surface area contributed by atoms with Gasteiger partial charge < -0.3 is 14.6 Å². The van der Waals surface area contributed by atoms with Gasteiger partial charge in [0, 0.05) is 22.1 Å². The third kappa shape index (κ3) is 4.50. The molecule has 0 aliphatic carbocycles. The van der Waals surface area contributed by atoms with Crippen LogP contribution in [0, 0.1) is 6.92 Å². The Hall–Kier alpha value is -2.78. The van der Waals surface area contributed by atoms with E-state index in [0.717, 1.165) is 15.9 Å². The van der Waals surface area contributed by atoms with E-state index in [1.54, 1.807) is 13.1 Å². The lowest BCUT2D eigenvalue weighted by atomic mass is 10.3. The normalized spacial score (nSPS) is 10.7. The van der Waals surface area contributed by atoms with Crippen LogP contribution in [0.1, 0.15) is 17.4 Å². The first-order chi connectivity index (χ1) is 13.2. The number of aryl methyl sites for hydroxylation is 1. The monoisotopic (exact) mass is 443 g/mol. The molecule has 0 fully saturated rings. The Labute approximate surface area is 167 Å². The van der Waals surface area contributed by atoms with Gasteiger partial charge in [0.15, 0.2) is 22.5 Å². The number of nitrogens with one attached hydrogen (secondary N) is 1. The minimum absolute atomic E-state index is 0.486. The summed E-state index contributed by atoms with van der Waals surface area (Å²) < 4.78 is 11.9. The molecule has 136 valence electrons. The van der Waals surface area contributed by atoms with E-state index in [0.29, 0.717) is 34.8 Å². The predicted octanol–water partition coefficient (Wildman–Crippen LogP) is 5.12. The van der Waals surface area contributed by atoms with Crippen molar-refractivity contribution in [2.75, 3.05) is 5.32 Å². The maximum absolute atomic E-state index is 5.96. The number of hydrogen-bond acceptors (Lipinski definition) is 8. The second kappa shape index (κ2) is 7.85. The van der Waals surface area contributed by atoms with Crippen molar-refractivity contribution in [2.45, 2.75) is 13.3 Å². The number of aromatic nitrogens is 4. The molecule has 0 saturated heterocycles. The Bertz CT molecular complexity index is 1050. The molecule has 1 N–H and O–H groups in total. The zero-order valence-corrected chi connectivity index (χ0v) is 16.6. The summed E-state index contributed by atoms with van der Waals surface area (Å²) in [5, 5.41) is 9.65. The highest BCUT2D eigenvalue weighted by Crippen LogP contribution is 2.33. The summed E-state index contributed by atoms with van der Waals surface area (Å²) >= 11 is 4.90. The number of rotatable bonds is 6. The molecule has 0 spiro atoms. The number of ether oxygens (including phenoxy) is 1. The molecule has 4 aromatic rings. The first-order valence-corrected chi connectivity index (χ1v) is 9.72. The first-order valence-electron chi connectivity index (χ1n) is 8.05. The molecule has 4 rings (SSSR count). The fourth-order valence-electron chi connectivity index (χ4n) is 2.32. The van der Waals surface area contributed by atoms with Crippen molar-refractivity contribution in [3.05, 3.63) is 69.9 Å².